The van der Waals surface area contributed by atoms with Crippen molar-refractivity contribution in [2.75, 3.05) is 5.32 Å². The Labute approximate surface area is 156 Å². The van der Waals surface area contributed by atoms with E-state index in [-0.39, 0.29) is 5.91 Å². The first-order chi connectivity index (χ1) is 11.4. The van der Waals surface area contributed by atoms with Gasteiger partial charge in [-0.3, -0.25) is 4.79 Å². The van der Waals surface area contributed by atoms with Gasteiger partial charge in [-0.25, -0.2) is 0 Å². The van der Waals surface area contributed by atoms with E-state index in [0.29, 0.717) is 16.7 Å². The molecule has 2 aromatic rings. The lowest BCUT2D eigenvalue weighted by molar-refractivity contribution is -0.122. The largest absolute Gasteiger partial charge is 0.479 e. The van der Waals surface area contributed by atoms with Gasteiger partial charge in [0.25, 0.3) is 5.91 Å². The summed E-state index contributed by atoms with van der Waals surface area (Å²) >= 11 is 9.48. The fourth-order valence-electron chi connectivity index (χ4n) is 2.31. The summed E-state index contributed by atoms with van der Waals surface area (Å²) in [5.74, 6) is 0.654. The van der Waals surface area contributed by atoms with Gasteiger partial charge in [0.15, 0.2) is 6.10 Å². The van der Waals surface area contributed by atoms with E-state index in [1.807, 2.05) is 30.3 Å². The van der Waals surface area contributed by atoms with Gasteiger partial charge in [-0.05, 0) is 49.1 Å². The zero-order valence-electron chi connectivity index (χ0n) is 14.0. The average molecular weight is 411 g/mol. The number of para-hydroxylation sites is 1. The molecule has 2 aromatic carbocycles. The Morgan fingerprint density at radius 3 is 2.62 bits per heavy atom. The van der Waals surface area contributed by atoms with Crippen LogP contribution in [0.3, 0.4) is 0 Å². The smallest absolute Gasteiger partial charge is 0.265 e. The first kappa shape index (κ1) is 18.8. The maximum absolute atomic E-state index is 12.5. The van der Waals surface area contributed by atoms with Crippen LogP contribution in [-0.2, 0) is 4.79 Å². The van der Waals surface area contributed by atoms with E-state index < -0.39 is 6.10 Å². The third-order valence-electron chi connectivity index (χ3n) is 3.93. The number of nitrogens with one attached hydrogen (secondary N) is 1. The number of halogens is 2. The predicted molar refractivity (Wildman–Crippen MR) is 103 cm³/mol. The summed E-state index contributed by atoms with van der Waals surface area (Å²) in [6.45, 7) is 5.98. The third kappa shape index (κ3) is 4.74. The zero-order valence-corrected chi connectivity index (χ0v) is 16.3. The molecule has 1 N–H and O–H groups in total. The van der Waals surface area contributed by atoms with Crippen LogP contribution in [0.2, 0.25) is 5.02 Å². The highest BCUT2D eigenvalue weighted by molar-refractivity contribution is 9.10. The zero-order chi connectivity index (χ0) is 17.7. The van der Waals surface area contributed by atoms with Gasteiger partial charge in [-0.2, -0.15) is 0 Å². The highest BCUT2D eigenvalue weighted by atomic mass is 79.9. The fraction of sp³-hybridized carbons (Fsp3) is 0.316. The summed E-state index contributed by atoms with van der Waals surface area (Å²) < 4.78 is 6.56. The Bertz CT molecular complexity index is 720. The topological polar surface area (TPSA) is 38.3 Å². The molecule has 0 saturated carbocycles. The molecule has 0 radical (unpaired) electrons. The van der Waals surface area contributed by atoms with Gasteiger partial charge >= 0.3 is 0 Å². The summed E-state index contributed by atoms with van der Waals surface area (Å²) in [4.78, 5) is 12.5. The first-order valence-corrected chi connectivity index (χ1v) is 9.11. The second-order valence-electron chi connectivity index (χ2n) is 5.72. The maximum atomic E-state index is 12.5. The standard InChI is InChI=1S/C19H21BrClNO2/c1-4-12(2)15-7-5-6-8-17(15)22-19(23)13(3)24-18-10-9-14(20)11-16(18)21/h5-13H,4H2,1-3H3,(H,22,23)/t12-,13-/m1/s1. The van der Waals surface area contributed by atoms with E-state index in [4.69, 9.17) is 16.3 Å². The fourth-order valence-corrected chi connectivity index (χ4v) is 3.03. The number of carbonyl (C=O) groups excluding carboxylic acids is 1. The Balaban J connectivity index is 2.09. The molecular formula is C19H21BrClNO2. The predicted octanol–water partition coefficient (Wildman–Crippen LogP) is 6.02. The summed E-state index contributed by atoms with van der Waals surface area (Å²) in [7, 11) is 0. The van der Waals surface area contributed by atoms with Crippen LogP contribution in [0.15, 0.2) is 46.9 Å². The molecule has 0 saturated heterocycles. The van der Waals surface area contributed by atoms with Crippen molar-refractivity contribution in [1.29, 1.82) is 0 Å². The molecule has 128 valence electrons. The van der Waals surface area contributed by atoms with Crippen LogP contribution >= 0.6 is 27.5 Å². The molecule has 2 atom stereocenters. The lowest BCUT2D eigenvalue weighted by atomic mass is 9.97. The Hall–Kier alpha value is -1.52. The Morgan fingerprint density at radius 1 is 1.25 bits per heavy atom. The van der Waals surface area contributed by atoms with Gasteiger partial charge in [-0.15, -0.1) is 0 Å². The van der Waals surface area contributed by atoms with Crippen molar-refractivity contribution in [3.8, 4) is 5.75 Å². The summed E-state index contributed by atoms with van der Waals surface area (Å²) in [6.07, 6.45) is 0.349. The van der Waals surface area contributed by atoms with Crippen molar-refractivity contribution >= 4 is 39.1 Å². The van der Waals surface area contributed by atoms with Gasteiger partial charge in [0.05, 0.1) is 5.02 Å². The summed E-state index contributed by atoms with van der Waals surface area (Å²) in [5.41, 5.74) is 1.96. The van der Waals surface area contributed by atoms with Gasteiger partial charge < -0.3 is 10.1 Å². The first-order valence-electron chi connectivity index (χ1n) is 7.93. The Morgan fingerprint density at radius 2 is 1.96 bits per heavy atom. The lowest BCUT2D eigenvalue weighted by Crippen LogP contribution is -2.30. The van der Waals surface area contributed by atoms with Crippen molar-refractivity contribution in [3.05, 3.63) is 57.5 Å². The number of hydrogen-bond donors (Lipinski definition) is 1. The van der Waals surface area contributed by atoms with Gasteiger partial charge in [0.1, 0.15) is 5.75 Å². The number of rotatable bonds is 6. The van der Waals surface area contributed by atoms with Crippen LogP contribution in [0.1, 0.15) is 38.7 Å². The van der Waals surface area contributed by atoms with Crippen molar-refractivity contribution in [1.82, 2.24) is 0 Å². The van der Waals surface area contributed by atoms with E-state index >= 15 is 0 Å². The number of ether oxygens (including phenoxy) is 1. The van der Waals surface area contributed by atoms with Crippen molar-refractivity contribution in [3.63, 3.8) is 0 Å². The molecule has 2 rings (SSSR count). The monoisotopic (exact) mass is 409 g/mol. The van der Waals surface area contributed by atoms with E-state index in [1.54, 1.807) is 19.1 Å². The molecule has 5 heteroatoms. The number of amides is 1. The average Bonchev–Trinajstić information content (AvgIpc) is 2.57. The molecule has 3 nitrogen and oxygen atoms in total. The van der Waals surface area contributed by atoms with Gasteiger partial charge in [-0.1, -0.05) is 59.6 Å². The molecule has 0 spiro atoms. The lowest BCUT2D eigenvalue weighted by Gasteiger charge is -2.19. The van der Waals surface area contributed by atoms with Crippen LogP contribution in [0.5, 0.6) is 5.75 Å². The highest BCUT2D eigenvalue weighted by Gasteiger charge is 2.18. The highest BCUT2D eigenvalue weighted by Crippen LogP contribution is 2.29. The molecule has 0 aliphatic rings. The van der Waals surface area contributed by atoms with Crippen molar-refractivity contribution < 1.29 is 9.53 Å². The minimum absolute atomic E-state index is 0.204. The van der Waals surface area contributed by atoms with Gasteiger partial charge in [0, 0.05) is 10.2 Å². The van der Waals surface area contributed by atoms with E-state index in [2.05, 4.69) is 35.1 Å². The second-order valence-corrected chi connectivity index (χ2v) is 7.04. The third-order valence-corrected chi connectivity index (χ3v) is 4.72. The van der Waals surface area contributed by atoms with Gasteiger partial charge in [0.2, 0.25) is 0 Å². The summed E-state index contributed by atoms with van der Waals surface area (Å²) in [6, 6.07) is 13.2. The second kappa shape index (κ2) is 8.54. The molecule has 0 aliphatic heterocycles. The van der Waals surface area contributed by atoms with E-state index in [1.165, 1.54) is 0 Å². The number of anilines is 1. The summed E-state index contributed by atoms with van der Waals surface area (Å²) in [5, 5.41) is 3.42. The van der Waals surface area contributed by atoms with Crippen LogP contribution in [0.4, 0.5) is 5.69 Å². The molecule has 0 aliphatic carbocycles. The number of carbonyl (C=O) groups is 1. The molecule has 0 unspecified atom stereocenters. The minimum Gasteiger partial charge on any atom is -0.479 e. The quantitative estimate of drug-likeness (QED) is 0.632. The number of benzene rings is 2. The molecule has 1 amide bonds. The molecule has 24 heavy (non-hydrogen) atoms. The SMILES string of the molecule is CC[C@@H](C)c1ccccc1NC(=O)[C@@H](C)Oc1ccc(Br)cc1Cl. The minimum atomic E-state index is -0.659. The van der Waals surface area contributed by atoms with Crippen LogP contribution < -0.4 is 10.1 Å². The van der Waals surface area contributed by atoms with E-state index in [0.717, 1.165) is 22.1 Å². The number of hydrogen-bond acceptors (Lipinski definition) is 2. The molecule has 0 heterocycles. The molecule has 0 bridgehead atoms. The van der Waals surface area contributed by atoms with Crippen LogP contribution in [0.25, 0.3) is 0 Å². The van der Waals surface area contributed by atoms with Crippen molar-refractivity contribution in [2.24, 2.45) is 0 Å². The molecule has 0 fully saturated rings. The van der Waals surface area contributed by atoms with Crippen molar-refractivity contribution in [2.45, 2.75) is 39.2 Å². The Kier molecular flexibility index (Phi) is 6.69. The molecular weight excluding hydrogens is 390 g/mol. The van der Waals surface area contributed by atoms with Crippen LogP contribution in [0, 0.1) is 0 Å². The van der Waals surface area contributed by atoms with E-state index in [9.17, 15) is 4.79 Å². The molecule has 0 aromatic heterocycles. The van der Waals surface area contributed by atoms with Crippen LogP contribution in [-0.4, -0.2) is 12.0 Å². The maximum Gasteiger partial charge on any atom is 0.265 e. The normalized spacial score (nSPS) is 13.2.